The normalized spacial score (nSPS) is 20.0. The van der Waals surface area contributed by atoms with Gasteiger partial charge in [-0.25, -0.2) is 18.2 Å². The number of ether oxygens (including phenoxy) is 1. The molecule has 0 radical (unpaired) electrons. The van der Waals surface area contributed by atoms with Crippen molar-refractivity contribution in [3.8, 4) is 0 Å². The summed E-state index contributed by atoms with van der Waals surface area (Å²) in [5.41, 5.74) is 3.39. The summed E-state index contributed by atoms with van der Waals surface area (Å²) in [6, 6.07) is 7.07. The Bertz CT molecular complexity index is 1290. The molecule has 1 aromatic carbocycles. The first kappa shape index (κ1) is 24.4. The molecule has 192 valence electrons. The first-order valence-electron chi connectivity index (χ1n) is 12.3. The topological polar surface area (TPSA) is 103 Å². The van der Waals surface area contributed by atoms with Crippen molar-refractivity contribution < 1.29 is 22.7 Å². The Labute approximate surface area is 211 Å². The molecule has 3 aliphatic rings. The third-order valence-corrected chi connectivity index (χ3v) is 8.81. The first-order valence-corrected chi connectivity index (χ1v) is 13.9. The van der Waals surface area contributed by atoms with Crippen LogP contribution in [0.4, 0.5) is 22.0 Å². The smallest absolute Gasteiger partial charge is 0.414 e. The number of carbonyl (C=O) groups excluding carboxylic acids is 2. The van der Waals surface area contributed by atoms with Crippen molar-refractivity contribution in [1.82, 2.24) is 9.88 Å². The Balaban J connectivity index is 1.42. The number of piperazine rings is 1. The fourth-order valence-electron chi connectivity index (χ4n) is 5.09. The molecule has 36 heavy (non-hydrogen) atoms. The van der Waals surface area contributed by atoms with Crippen molar-refractivity contribution in [1.29, 1.82) is 0 Å². The first-order chi connectivity index (χ1) is 17.2. The lowest BCUT2D eigenvalue weighted by molar-refractivity contribution is 0.0747. The number of hydrogen-bond donors (Lipinski definition) is 0. The van der Waals surface area contributed by atoms with Gasteiger partial charge >= 0.3 is 6.09 Å². The molecule has 10 nitrogen and oxygen atoms in total. The van der Waals surface area contributed by atoms with E-state index in [1.807, 2.05) is 20.0 Å². The highest BCUT2D eigenvalue weighted by molar-refractivity contribution is 7.92. The van der Waals surface area contributed by atoms with Gasteiger partial charge in [-0.1, -0.05) is 6.07 Å². The number of aryl methyl sites for hydroxylation is 2. The zero-order chi connectivity index (χ0) is 25.4. The van der Waals surface area contributed by atoms with Gasteiger partial charge in [-0.05, 0) is 56.0 Å². The number of hydrogen-bond acceptors (Lipinski definition) is 7. The second kappa shape index (κ2) is 9.61. The SMILES string of the molecule is Cc1cnc(N2CCN(C(=O)c3ccc(N4CCOC4=O)cc3N3CCCCS3(=O)=O)CC2)c(C)c1. The van der Waals surface area contributed by atoms with Crippen LogP contribution in [0.2, 0.25) is 0 Å². The second-order valence-electron chi connectivity index (χ2n) is 9.50. The lowest BCUT2D eigenvalue weighted by atomic mass is 10.1. The Morgan fingerprint density at radius 3 is 2.44 bits per heavy atom. The van der Waals surface area contributed by atoms with Gasteiger partial charge in [-0.3, -0.25) is 14.0 Å². The number of nitrogens with zero attached hydrogens (tertiary/aromatic N) is 5. The van der Waals surface area contributed by atoms with Gasteiger partial charge in [0.05, 0.1) is 23.5 Å². The average Bonchev–Trinajstić information content (AvgIpc) is 3.29. The van der Waals surface area contributed by atoms with E-state index in [2.05, 4.69) is 16.0 Å². The Kier molecular flexibility index (Phi) is 6.50. The maximum absolute atomic E-state index is 13.7. The molecule has 0 N–H and O–H groups in total. The summed E-state index contributed by atoms with van der Waals surface area (Å²) in [7, 11) is -3.56. The van der Waals surface area contributed by atoms with Crippen LogP contribution in [0.15, 0.2) is 30.5 Å². The van der Waals surface area contributed by atoms with E-state index in [1.165, 1.54) is 9.21 Å². The highest BCUT2D eigenvalue weighted by Crippen LogP contribution is 2.33. The number of aromatic nitrogens is 1. The predicted octanol–water partition coefficient (Wildman–Crippen LogP) is 2.55. The molecule has 3 fully saturated rings. The lowest BCUT2D eigenvalue weighted by Crippen LogP contribution is -2.49. The molecule has 0 aliphatic carbocycles. The minimum atomic E-state index is -3.56. The van der Waals surface area contributed by atoms with Gasteiger partial charge in [0.25, 0.3) is 5.91 Å². The second-order valence-corrected chi connectivity index (χ2v) is 11.5. The Morgan fingerprint density at radius 2 is 1.78 bits per heavy atom. The molecule has 0 bridgehead atoms. The van der Waals surface area contributed by atoms with E-state index in [4.69, 9.17) is 4.74 Å². The van der Waals surface area contributed by atoms with Crippen LogP contribution in [-0.4, -0.2) is 81.9 Å². The monoisotopic (exact) mass is 513 g/mol. The van der Waals surface area contributed by atoms with Crippen molar-refractivity contribution in [3.05, 3.63) is 47.2 Å². The fraction of sp³-hybridized carbons (Fsp3) is 0.480. The van der Waals surface area contributed by atoms with Gasteiger partial charge in [0.15, 0.2) is 0 Å². The molecule has 4 heterocycles. The fourth-order valence-corrected chi connectivity index (χ4v) is 6.74. The molecule has 1 aromatic heterocycles. The van der Waals surface area contributed by atoms with E-state index in [-0.39, 0.29) is 18.3 Å². The van der Waals surface area contributed by atoms with Crippen molar-refractivity contribution in [3.63, 3.8) is 0 Å². The number of anilines is 3. The molecule has 2 amide bonds. The molecule has 11 heteroatoms. The van der Waals surface area contributed by atoms with E-state index in [9.17, 15) is 18.0 Å². The Morgan fingerprint density at radius 1 is 1.00 bits per heavy atom. The van der Waals surface area contributed by atoms with Gasteiger partial charge in [0.2, 0.25) is 10.0 Å². The summed E-state index contributed by atoms with van der Waals surface area (Å²) in [5.74, 6) is 0.752. The van der Waals surface area contributed by atoms with Crippen LogP contribution in [0.1, 0.15) is 34.3 Å². The molecular formula is C25H31N5O5S. The van der Waals surface area contributed by atoms with Crippen LogP contribution in [-0.2, 0) is 14.8 Å². The van der Waals surface area contributed by atoms with E-state index in [0.29, 0.717) is 69.0 Å². The third-order valence-electron chi connectivity index (χ3n) is 6.96. The summed E-state index contributed by atoms with van der Waals surface area (Å²) in [6.07, 6.45) is 2.68. The zero-order valence-corrected chi connectivity index (χ0v) is 21.5. The number of sulfonamides is 1. The molecule has 3 saturated heterocycles. The highest BCUT2D eigenvalue weighted by atomic mass is 32.2. The van der Waals surface area contributed by atoms with E-state index in [0.717, 1.165) is 16.9 Å². The molecular weight excluding hydrogens is 482 g/mol. The van der Waals surface area contributed by atoms with Gasteiger partial charge in [0.1, 0.15) is 12.4 Å². The van der Waals surface area contributed by atoms with Gasteiger partial charge in [0, 0.05) is 44.6 Å². The van der Waals surface area contributed by atoms with Crippen LogP contribution < -0.4 is 14.1 Å². The van der Waals surface area contributed by atoms with Crippen LogP contribution >= 0.6 is 0 Å². The molecule has 0 unspecified atom stereocenters. The molecule has 0 atom stereocenters. The Hall–Kier alpha value is -3.34. The quantitative estimate of drug-likeness (QED) is 0.619. The highest BCUT2D eigenvalue weighted by Gasteiger charge is 2.33. The van der Waals surface area contributed by atoms with Crippen molar-refractivity contribution >= 4 is 39.2 Å². The third kappa shape index (κ3) is 4.59. The van der Waals surface area contributed by atoms with Crippen LogP contribution in [0.3, 0.4) is 0 Å². The maximum Gasteiger partial charge on any atom is 0.414 e. The standard InChI is InChI=1S/C25H31N5O5S/c1-18-15-19(2)23(26-17-18)27-8-10-28(11-9-27)24(31)21-6-5-20(29-12-13-35-25(29)32)16-22(21)30-7-3-4-14-36(30,33)34/h5-6,15-17H,3-4,7-14H2,1-2H3. The van der Waals surface area contributed by atoms with Crippen LogP contribution in [0.5, 0.6) is 0 Å². The number of rotatable bonds is 4. The molecule has 2 aromatic rings. The summed E-state index contributed by atoms with van der Waals surface area (Å²) < 4.78 is 32.3. The molecule has 5 rings (SSSR count). The van der Waals surface area contributed by atoms with E-state index >= 15 is 0 Å². The van der Waals surface area contributed by atoms with Crippen molar-refractivity contribution in [2.24, 2.45) is 0 Å². The summed E-state index contributed by atoms with van der Waals surface area (Å²) in [5, 5.41) is 0. The molecule has 3 aliphatic heterocycles. The maximum atomic E-state index is 13.7. The minimum absolute atomic E-state index is 0.0399. The van der Waals surface area contributed by atoms with Crippen LogP contribution in [0.25, 0.3) is 0 Å². The summed E-state index contributed by atoms with van der Waals surface area (Å²) in [4.78, 5) is 35.8. The molecule has 0 spiro atoms. The number of amides is 2. The van der Waals surface area contributed by atoms with Crippen LogP contribution in [0, 0.1) is 13.8 Å². The van der Waals surface area contributed by atoms with Gasteiger partial charge < -0.3 is 14.5 Å². The average molecular weight is 514 g/mol. The van der Waals surface area contributed by atoms with Crippen molar-refractivity contribution in [2.75, 3.05) is 65.7 Å². The van der Waals surface area contributed by atoms with Gasteiger partial charge in [-0.2, -0.15) is 0 Å². The number of benzene rings is 1. The molecule has 0 saturated carbocycles. The summed E-state index contributed by atoms with van der Waals surface area (Å²) in [6.45, 7) is 7.29. The predicted molar refractivity (Wildman–Crippen MR) is 137 cm³/mol. The lowest BCUT2D eigenvalue weighted by Gasteiger charge is -2.37. The number of pyridine rings is 1. The van der Waals surface area contributed by atoms with Crippen molar-refractivity contribution in [2.45, 2.75) is 26.7 Å². The summed E-state index contributed by atoms with van der Waals surface area (Å²) >= 11 is 0. The van der Waals surface area contributed by atoms with E-state index in [1.54, 1.807) is 23.1 Å². The number of carbonyl (C=O) groups is 2. The largest absolute Gasteiger partial charge is 0.447 e. The minimum Gasteiger partial charge on any atom is -0.447 e. The van der Waals surface area contributed by atoms with Gasteiger partial charge in [-0.15, -0.1) is 0 Å². The van der Waals surface area contributed by atoms with E-state index < -0.39 is 16.1 Å². The number of cyclic esters (lactones) is 1. The zero-order valence-electron chi connectivity index (χ0n) is 20.6.